The van der Waals surface area contributed by atoms with Gasteiger partial charge in [0.05, 0.1) is 0 Å². The van der Waals surface area contributed by atoms with Crippen molar-refractivity contribution in [1.82, 2.24) is 5.32 Å². The molecule has 20 heavy (non-hydrogen) atoms. The predicted molar refractivity (Wildman–Crippen MR) is 85.1 cm³/mol. The zero-order valence-corrected chi connectivity index (χ0v) is 12.7. The van der Waals surface area contributed by atoms with Gasteiger partial charge in [0, 0.05) is 18.9 Å². The molecule has 106 valence electrons. The van der Waals surface area contributed by atoms with Gasteiger partial charge < -0.3 is 5.32 Å². The molecule has 2 rings (SSSR count). The number of nitrogens with one attached hydrogen (secondary N) is 1. The fraction of sp³-hybridized carbons (Fsp3) is 0.353. The van der Waals surface area contributed by atoms with Crippen LogP contribution in [0.5, 0.6) is 0 Å². The van der Waals surface area contributed by atoms with Crippen molar-refractivity contribution < 1.29 is 4.79 Å². The first-order valence-corrected chi connectivity index (χ1v) is 8.06. The molecule has 1 heterocycles. The molecule has 1 amide bonds. The van der Waals surface area contributed by atoms with Crippen molar-refractivity contribution >= 4 is 17.2 Å². The van der Waals surface area contributed by atoms with Gasteiger partial charge in [-0.2, -0.15) is 11.3 Å². The van der Waals surface area contributed by atoms with E-state index in [2.05, 4.69) is 53.3 Å². The number of hydrogen-bond donors (Lipinski definition) is 1. The molecule has 0 spiro atoms. The van der Waals surface area contributed by atoms with Gasteiger partial charge in [-0.3, -0.25) is 4.79 Å². The highest BCUT2D eigenvalue weighted by atomic mass is 32.1. The Bertz CT molecular complexity index is 507. The first-order chi connectivity index (χ1) is 9.79. The van der Waals surface area contributed by atoms with E-state index in [4.69, 9.17) is 0 Å². The summed E-state index contributed by atoms with van der Waals surface area (Å²) in [6.07, 6.45) is 2.44. The van der Waals surface area contributed by atoms with E-state index in [9.17, 15) is 4.79 Å². The summed E-state index contributed by atoms with van der Waals surface area (Å²) in [6.45, 7) is 2.89. The fourth-order valence-corrected chi connectivity index (χ4v) is 2.94. The topological polar surface area (TPSA) is 29.1 Å². The summed E-state index contributed by atoms with van der Waals surface area (Å²) >= 11 is 1.68. The van der Waals surface area contributed by atoms with Crippen molar-refractivity contribution in [1.29, 1.82) is 0 Å². The minimum atomic E-state index is 0.144. The molecule has 3 heteroatoms. The van der Waals surface area contributed by atoms with Crippen LogP contribution in [-0.2, 0) is 11.2 Å². The molecule has 0 aliphatic carbocycles. The molecule has 0 fully saturated rings. The summed E-state index contributed by atoms with van der Waals surface area (Å²) in [5, 5.41) is 7.21. The second-order valence-corrected chi connectivity index (χ2v) is 5.73. The summed E-state index contributed by atoms with van der Waals surface area (Å²) in [7, 11) is 0. The third-order valence-corrected chi connectivity index (χ3v) is 4.26. The summed E-state index contributed by atoms with van der Waals surface area (Å²) in [4.78, 5) is 11.9. The lowest BCUT2D eigenvalue weighted by Crippen LogP contribution is -2.28. The SMILES string of the molecule is CCC(CNC(=O)CCc1ccsc1)c1ccccc1. The Hall–Kier alpha value is -1.61. The molecule has 2 aromatic rings. The molecule has 0 aliphatic heterocycles. The van der Waals surface area contributed by atoms with Crippen molar-refractivity contribution in [2.75, 3.05) is 6.54 Å². The number of hydrogen-bond acceptors (Lipinski definition) is 2. The van der Waals surface area contributed by atoms with Gasteiger partial charge >= 0.3 is 0 Å². The lowest BCUT2D eigenvalue weighted by atomic mass is 9.96. The van der Waals surface area contributed by atoms with Crippen molar-refractivity contribution in [3.05, 3.63) is 58.3 Å². The van der Waals surface area contributed by atoms with Gasteiger partial charge in [-0.25, -0.2) is 0 Å². The van der Waals surface area contributed by atoms with Crippen LogP contribution in [0.4, 0.5) is 0 Å². The van der Waals surface area contributed by atoms with Gasteiger partial charge in [-0.15, -0.1) is 0 Å². The number of carbonyl (C=O) groups excluding carboxylic acids is 1. The first-order valence-electron chi connectivity index (χ1n) is 7.12. The van der Waals surface area contributed by atoms with E-state index in [1.165, 1.54) is 11.1 Å². The van der Waals surface area contributed by atoms with Gasteiger partial charge in [-0.1, -0.05) is 37.3 Å². The largest absolute Gasteiger partial charge is 0.355 e. The quantitative estimate of drug-likeness (QED) is 0.819. The monoisotopic (exact) mass is 287 g/mol. The fourth-order valence-electron chi connectivity index (χ4n) is 2.24. The zero-order chi connectivity index (χ0) is 14.2. The van der Waals surface area contributed by atoms with Crippen LogP contribution >= 0.6 is 11.3 Å². The van der Waals surface area contributed by atoms with Crippen LogP contribution in [0, 0.1) is 0 Å². The molecular formula is C17H21NOS. The Morgan fingerprint density at radius 3 is 2.70 bits per heavy atom. The molecule has 1 aromatic heterocycles. The lowest BCUT2D eigenvalue weighted by Gasteiger charge is -2.16. The number of rotatable bonds is 7. The van der Waals surface area contributed by atoms with Crippen LogP contribution in [0.2, 0.25) is 0 Å². The van der Waals surface area contributed by atoms with Crippen LogP contribution in [0.25, 0.3) is 0 Å². The van der Waals surface area contributed by atoms with Crippen LogP contribution < -0.4 is 5.32 Å². The van der Waals surface area contributed by atoms with E-state index in [1.807, 2.05) is 6.07 Å². The number of carbonyl (C=O) groups is 1. The maximum atomic E-state index is 11.9. The molecule has 0 saturated heterocycles. The van der Waals surface area contributed by atoms with Crippen LogP contribution in [-0.4, -0.2) is 12.5 Å². The van der Waals surface area contributed by atoms with Gasteiger partial charge in [0.1, 0.15) is 0 Å². The molecular weight excluding hydrogens is 266 g/mol. The van der Waals surface area contributed by atoms with E-state index in [0.29, 0.717) is 12.3 Å². The highest BCUT2D eigenvalue weighted by Gasteiger charge is 2.10. The van der Waals surface area contributed by atoms with Gasteiger partial charge in [0.25, 0.3) is 0 Å². The highest BCUT2D eigenvalue weighted by Crippen LogP contribution is 2.18. The van der Waals surface area contributed by atoms with Crippen molar-refractivity contribution in [3.8, 4) is 0 Å². The van der Waals surface area contributed by atoms with E-state index < -0.39 is 0 Å². The Balaban J connectivity index is 1.77. The second kappa shape index (κ2) is 7.85. The van der Waals surface area contributed by atoms with E-state index >= 15 is 0 Å². The van der Waals surface area contributed by atoms with Gasteiger partial charge in [0.15, 0.2) is 0 Å². The molecule has 0 bridgehead atoms. The number of thiophene rings is 1. The van der Waals surface area contributed by atoms with Gasteiger partial charge in [-0.05, 0) is 40.8 Å². The second-order valence-electron chi connectivity index (χ2n) is 4.95. The average molecular weight is 287 g/mol. The average Bonchev–Trinajstić information content (AvgIpc) is 3.00. The minimum Gasteiger partial charge on any atom is -0.355 e. The molecule has 1 atom stereocenters. The van der Waals surface area contributed by atoms with Crippen molar-refractivity contribution in [2.45, 2.75) is 32.1 Å². The third-order valence-electron chi connectivity index (χ3n) is 3.53. The lowest BCUT2D eigenvalue weighted by molar-refractivity contribution is -0.121. The maximum Gasteiger partial charge on any atom is 0.220 e. The standard InChI is InChI=1S/C17H21NOS/c1-2-15(16-6-4-3-5-7-16)12-18-17(19)9-8-14-10-11-20-13-14/h3-7,10-11,13,15H,2,8-9,12H2,1H3,(H,18,19). The molecule has 2 nitrogen and oxygen atoms in total. The minimum absolute atomic E-state index is 0.144. The predicted octanol–water partition coefficient (Wildman–Crippen LogP) is 3.99. The van der Waals surface area contributed by atoms with Crippen molar-refractivity contribution in [2.24, 2.45) is 0 Å². The summed E-state index contributed by atoms with van der Waals surface area (Å²) < 4.78 is 0. The Kier molecular flexibility index (Phi) is 5.81. The number of amides is 1. The Morgan fingerprint density at radius 2 is 2.05 bits per heavy atom. The van der Waals surface area contributed by atoms with E-state index in [-0.39, 0.29) is 5.91 Å². The third kappa shape index (κ3) is 4.49. The summed E-state index contributed by atoms with van der Waals surface area (Å²) in [6, 6.07) is 12.5. The summed E-state index contributed by atoms with van der Waals surface area (Å²) in [5.41, 5.74) is 2.55. The van der Waals surface area contributed by atoms with Gasteiger partial charge in [0.2, 0.25) is 5.91 Å². The Morgan fingerprint density at radius 1 is 1.25 bits per heavy atom. The molecule has 0 saturated carbocycles. The molecule has 1 aromatic carbocycles. The zero-order valence-electron chi connectivity index (χ0n) is 11.8. The van der Waals surface area contributed by atoms with E-state index in [1.54, 1.807) is 11.3 Å². The van der Waals surface area contributed by atoms with Crippen LogP contribution in [0.1, 0.15) is 36.8 Å². The molecule has 1 N–H and O–H groups in total. The van der Waals surface area contributed by atoms with Crippen molar-refractivity contribution in [3.63, 3.8) is 0 Å². The maximum absolute atomic E-state index is 11.9. The number of benzene rings is 1. The summed E-state index contributed by atoms with van der Waals surface area (Å²) in [5.74, 6) is 0.548. The van der Waals surface area contributed by atoms with Crippen LogP contribution in [0.3, 0.4) is 0 Å². The molecule has 0 aliphatic rings. The van der Waals surface area contributed by atoms with E-state index in [0.717, 1.165) is 19.4 Å². The van der Waals surface area contributed by atoms with Crippen LogP contribution in [0.15, 0.2) is 47.2 Å². The number of aryl methyl sites for hydroxylation is 1. The molecule has 1 unspecified atom stereocenters. The normalized spacial score (nSPS) is 12.1. The Labute approximate surface area is 124 Å². The first kappa shape index (κ1) is 14.8. The highest BCUT2D eigenvalue weighted by molar-refractivity contribution is 7.07. The molecule has 0 radical (unpaired) electrons. The smallest absolute Gasteiger partial charge is 0.220 e.